The number of benzene rings is 1. The van der Waals surface area contributed by atoms with E-state index in [1.54, 1.807) is 13.0 Å². The first kappa shape index (κ1) is 13.6. The molecule has 0 atom stereocenters. The summed E-state index contributed by atoms with van der Waals surface area (Å²) >= 11 is 0. The van der Waals surface area contributed by atoms with Gasteiger partial charge in [0.05, 0.1) is 0 Å². The number of rotatable bonds is 3. The number of aliphatic imine (C=N–C) groups is 1. The van der Waals surface area contributed by atoms with Crippen molar-refractivity contribution in [1.82, 2.24) is 4.98 Å². The van der Waals surface area contributed by atoms with Crippen molar-refractivity contribution in [3.8, 4) is 11.1 Å². The Balaban J connectivity index is 2.39. The Bertz CT molecular complexity index is 665. The summed E-state index contributed by atoms with van der Waals surface area (Å²) in [6.45, 7) is 1.68. The number of hydrogen-bond donors (Lipinski definition) is 3. The number of nitrogens with one attached hydrogen (secondary N) is 1. The van der Waals surface area contributed by atoms with E-state index < -0.39 is 5.91 Å². The minimum Gasteiger partial charge on any atom is -0.370 e. The van der Waals surface area contributed by atoms with Crippen molar-refractivity contribution < 1.29 is 4.79 Å². The number of guanidine groups is 1. The van der Waals surface area contributed by atoms with Crippen LogP contribution in [-0.4, -0.2) is 16.9 Å². The van der Waals surface area contributed by atoms with Crippen molar-refractivity contribution in [3.63, 3.8) is 0 Å². The van der Waals surface area contributed by atoms with Gasteiger partial charge in [-0.1, -0.05) is 24.3 Å². The quantitative estimate of drug-likeness (QED) is 0.450. The van der Waals surface area contributed by atoms with Crippen molar-refractivity contribution in [2.45, 2.75) is 6.92 Å². The normalized spacial score (nSPS) is 11.2. The summed E-state index contributed by atoms with van der Waals surface area (Å²) in [5.74, 6) is -0.671. The molecule has 1 aromatic heterocycles. The van der Waals surface area contributed by atoms with E-state index >= 15 is 0 Å². The van der Waals surface area contributed by atoms with Gasteiger partial charge in [0, 0.05) is 18.0 Å². The Kier molecular flexibility index (Phi) is 4.00. The number of nitrogens with zero attached hydrogens (tertiary/aromatic N) is 1. The standard InChI is InChI=1S/C15H16N4O/c1-10(14(20)19-15(16)17)8-11-4-2-3-5-13(11)12-6-7-18-9-12/h2-9,18H,1H3,(H4,16,17,19,20). The average molecular weight is 268 g/mol. The second kappa shape index (κ2) is 5.88. The van der Waals surface area contributed by atoms with Crippen LogP contribution in [0.3, 0.4) is 0 Å². The van der Waals surface area contributed by atoms with Gasteiger partial charge < -0.3 is 16.5 Å². The maximum atomic E-state index is 11.7. The Morgan fingerprint density at radius 3 is 2.65 bits per heavy atom. The smallest absolute Gasteiger partial charge is 0.275 e. The van der Waals surface area contributed by atoms with E-state index in [4.69, 9.17) is 11.5 Å². The molecule has 0 radical (unpaired) electrons. The number of nitrogens with two attached hydrogens (primary N) is 2. The van der Waals surface area contributed by atoms with E-state index in [1.807, 2.05) is 42.7 Å². The van der Waals surface area contributed by atoms with Crippen LogP contribution in [0.1, 0.15) is 12.5 Å². The summed E-state index contributed by atoms with van der Waals surface area (Å²) in [5.41, 5.74) is 13.9. The lowest BCUT2D eigenvalue weighted by molar-refractivity contribution is -0.114. The van der Waals surface area contributed by atoms with Crippen LogP contribution in [0.4, 0.5) is 0 Å². The summed E-state index contributed by atoms with van der Waals surface area (Å²) in [6, 6.07) is 9.77. The summed E-state index contributed by atoms with van der Waals surface area (Å²) in [5, 5.41) is 0. The maximum Gasteiger partial charge on any atom is 0.275 e. The van der Waals surface area contributed by atoms with Crippen LogP contribution in [0, 0.1) is 0 Å². The number of aromatic amines is 1. The molecule has 0 spiro atoms. The topological polar surface area (TPSA) is 97.3 Å². The molecule has 1 aromatic carbocycles. The fourth-order valence-corrected chi connectivity index (χ4v) is 1.88. The zero-order chi connectivity index (χ0) is 14.5. The summed E-state index contributed by atoms with van der Waals surface area (Å²) in [6.07, 6.45) is 5.53. The maximum absolute atomic E-state index is 11.7. The van der Waals surface area contributed by atoms with Crippen LogP contribution in [0.5, 0.6) is 0 Å². The monoisotopic (exact) mass is 268 g/mol. The molecular weight excluding hydrogens is 252 g/mol. The predicted molar refractivity (Wildman–Crippen MR) is 80.7 cm³/mol. The molecule has 5 nitrogen and oxygen atoms in total. The van der Waals surface area contributed by atoms with Crippen LogP contribution < -0.4 is 11.5 Å². The predicted octanol–water partition coefficient (Wildman–Crippen LogP) is 1.89. The number of aromatic nitrogens is 1. The fraction of sp³-hybridized carbons (Fsp3) is 0.0667. The third-order valence-corrected chi connectivity index (χ3v) is 2.81. The van der Waals surface area contributed by atoms with E-state index in [0.29, 0.717) is 5.57 Å². The zero-order valence-electron chi connectivity index (χ0n) is 11.1. The molecular formula is C15H16N4O. The van der Waals surface area contributed by atoms with E-state index in [2.05, 4.69) is 9.98 Å². The summed E-state index contributed by atoms with van der Waals surface area (Å²) in [7, 11) is 0. The third kappa shape index (κ3) is 3.14. The largest absolute Gasteiger partial charge is 0.370 e. The Hall–Kier alpha value is -2.82. The Morgan fingerprint density at radius 1 is 1.25 bits per heavy atom. The summed E-state index contributed by atoms with van der Waals surface area (Å²) in [4.78, 5) is 18.3. The second-order valence-corrected chi connectivity index (χ2v) is 4.36. The van der Waals surface area contributed by atoms with Gasteiger partial charge in [0.1, 0.15) is 0 Å². The number of carbonyl (C=O) groups excluding carboxylic acids is 1. The molecule has 0 aliphatic rings. The van der Waals surface area contributed by atoms with Gasteiger partial charge in [-0.25, -0.2) is 0 Å². The van der Waals surface area contributed by atoms with Crippen LogP contribution in [0.2, 0.25) is 0 Å². The molecule has 0 aliphatic heterocycles. The first-order chi connectivity index (χ1) is 9.58. The highest BCUT2D eigenvalue weighted by atomic mass is 16.1. The molecule has 0 saturated carbocycles. The molecule has 1 amide bonds. The number of carbonyl (C=O) groups is 1. The van der Waals surface area contributed by atoms with Crippen molar-refractivity contribution in [2.24, 2.45) is 16.5 Å². The highest BCUT2D eigenvalue weighted by molar-refractivity contribution is 6.04. The Labute approximate surface area is 117 Å². The van der Waals surface area contributed by atoms with Crippen LogP contribution in [-0.2, 0) is 4.79 Å². The fourth-order valence-electron chi connectivity index (χ4n) is 1.88. The molecule has 0 saturated heterocycles. The Morgan fingerprint density at radius 2 is 2.00 bits per heavy atom. The highest BCUT2D eigenvalue weighted by Crippen LogP contribution is 2.25. The molecule has 1 heterocycles. The van der Waals surface area contributed by atoms with Crippen LogP contribution in [0.15, 0.2) is 53.3 Å². The summed E-state index contributed by atoms with van der Waals surface area (Å²) < 4.78 is 0. The zero-order valence-corrected chi connectivity index (χ0v) is 11.1. The van der Waals surface area contributed by atoms with Crippen LogP contribution in [0.25, 0.3) is 17.2 Å². The second-order valence-electron chi connectivity index (χ2n) is 4.36. The van der Waals surface area contributed by atoms with Gasteiger partial charge in [0.15, 0.2) is 5.96 Å². The van der Waals surface area contributed by atoms with E-state index in [-0.39, 0.29) is 5.96 Å². The molecule has 102 valence electrons. The molecule has 5 heteroatoms. The van der Waals surface area contributed by atoms with Gasteiger partial charge >= 0.3 is 0 Å². The SMILES string of the molecule is CC(=Cc1ccccc1-c1cc[nH]c1)C(=O)N=C(N)N. The minimum atomic E-state index is -0.436. The van der Waals surface area contributed by atoms with E-state index in [0.717, 1.165) is 16.7 Å². The first-order valence-corrected chi connectivity index (χ1v) is 6.12. The van der Waals surface area contributed by atoms with Gasteiger partial charge in [-0.3, -0.25) is 4.79 Å². The van der Waals surface area contributed by atoms with Gasteiger partial charge in [0.2, 0.25) is 0 Å². The van der Waals surface area contributed by atoms with Crippen molar-refractivity contribution in [3.05, 3.63) is 53.9 Å². The van der Waals surface area contributed by atoms with Gasteiger partial charge in [-0.2, -0.15) is 4.99 Å². The number of hydrogen-bond acceptors (Lipinski definition) is 1. The number of H-pyrrole nitrogens is 1. The molecule has 0 unspecified atom stereocenters. The van der Waals surface area contributed by atoms with Gasteiger partial charge in [-0.15, -0.1) is 0 Å². The number of amides is 1. The molecule has 20 heavy (non-hydrogen) atoms. The van der Waals surface area contributed by atoms with Crippen LogP contribution >= 0.6 is 0 Å². The molecule has 2 rings (SSSR count). The average Bonchev–Trinajstić information content (AvgIpc) is 2.92. The van der Waals surface area contributed by atoms with Crippen molar-refractivity contribution in [2.75, 3.05) is 0 Å². The lowest BCUT2D eigenvalue weighted by Gasteiger charge is -2.04. The molecule has 0 aliphatic carbocycles. The highest BCUT2D eigenvalue weighted by Gasteiger charge is 2.07. The molecule has 2 aromatic rings. The van der Waals surface area contributed by atoms with E-state index in [9.17, 15) is 4.79 Å². The third-order valence-electron chi connectivity index (χ3n) is 2.81. The lowest BCUT2D eigenvalue weighted by atomic mass is 10.0. The lowest BCUT2D eigenvalue weighted by Crippen LogP contribution is -2.24. The van der Waals surface area contributed by atoms with Crippen molar-refractivity contribution in [1.29, 1.82) is 0 Å². The molecule has 0 bridgehead atoms. The molecule has 5 N–H and O–H groups in total. The van der Waals surface area contributed by atoms with Crippen molar-refractivity contribution >= 4 is 17.9 Å². The first-order valence-electron chi connectivity index (χ1n) is 6.12. The minimum absolute atomic E-state index is 0.235. The molecule has 0 fully saturated rings. The van der Waals surface area contributed by atoms with Gasteiger partial charge in [0.25, 0.3) is 5.91 Å². The van der Waals surface area contributed by atoms with E-state index in [1.165, 1.54) is 0 Å². The van der Waals surface area contributed by atoms with Gasteiger partial charge in [-0.05, 0) is 35.8 Å².